The largest absolute Gasteiger partial charge is 0.396 e. The summed E-state index contributed by atoms with van der Waals surface area (Å²) in [5.41, 5.74) is 7.52. The number of nitrogens with two attached hydrogens (primary N) is 1. The summed E-state index contributed by atoms with van der Waals surface area (Å²) in [6, 6.07) is 10.2. The van der Waals surface area contributed by atoms with Crippen LogP contribution in [-0.4, -0.2) is 35.7 Å². The molecule has 0 unspecified atom stereocenters. The smallest absolute Gasteiger partial charge is 0.271 e. The van der Waals surface area contributed by atoms with Crippen LogP contribution in [0.3, 0.4) is 0 Å². The number of carbonyl (C=O) groups excluding carboxylic acids is 1. The number of nitrogens with one attached hydrogen (secondary N) is 2. The number of aromatic nitrogens is 2. The van der Waals surface area contributed by atoms with Crippen LogP contribution in [0.5, 0.6) is 0 Å². The highest BCUT2D eigenvalue weighted by Crippen LogP contribution is 2.12. The zero-order chi connectivity index (χ0) is 15.1. The Balaban J connectivity index is 1.76. The number of nitrogens with zero attached hydrogens (tertiary/aromatic N) is 2. The Kier molecular flexibility index (Phi) is 5.20. The number of anilines is 2. The van der Waals surface area contributed by atoms with Crippen molar-refractivity contribution in [2.45, 2.75) is 13.3 Å². The van der Waals surface area contributed by atoms with Gasteiger partial charge in [0.15, 0.2) is 0 Å². The highest BCUT2D eigenvalue weighted by molar-refractivity contribution is 5.96. The molecule has 0 aliphatic carbocycles. The van der Waals surface area contributed by atoms with E-state index in [1.807, 2.05) is 18.2 Å². The van der Waals surface area contributed by atoms with Crippen molar-refractivity contribution < 1.29 is 4.79 Å². The molecule has 0 aliphatic rings. The predicted molar refractivity (Wildman–Crippen MR) is 84.3 cm³/mol. The molecule has 0 aliphatic heterocycles. The maximum atomic E-state index is 11.8. The highest BCUT2D eigenvalue weighted by Gasteiger charge is 2.11. The lowest BCUT2D eigenvalue weighted by Crippen LogP contribution is -2.30. The van der Waals surface area contributed by atoms with Crippen LogP contribution in [0, 0.1) is 0 Å². The minimum absolute atomic E-state index is 0.215. The SMILES string of the molecule is CCN(CCCNC(=O)c1[nH]ncc1N)c1ccccc1. The number of amides is 1. The molecular weight excluding hydrogens is 266 g/mol. The third kappa shape index (κ3) is 3.98. The van der Waals surface area contributed by atoms with Gasteiger partial charge in [0.1, 0.15) is 5.69 Å². The fourth-order valence-corrected chi connectivity index (χ4v) is 2.15. The number of benzene rings is 1. The van der Waals surface area contributed by atoms with E-state index in [0.29, 0.717) is 17.9 Å². The van der Waals surface area contributed by atoms with Gasteiger partial charge in [0.05, 0.1) is 11.9 Å². The van der Waals surface area contributed by atoms with Crippen LogP contribution in [0.25, 0.3) is 0 Å². The van der Waals surface area contributed by atoms with Gasteiger partial charge in [-0.25, -0.2) is 0 Å². The van der Waals surface area contributed by atoms with Gasteiger partial charge < -0.3 is 16.0 Å². The summed E-state index contributed by atoms with van der Waals surface area (Å²) in [4.78, 5) is 14.1. The summed E-state index contributed by atoms with van der Waals surface area (Å²) >= 11 is 0. The summed E-state index contributed by atoms with van der Waals surface area (Å²) < 4.78 is 0. The maximum Gasteiger partial charge on any atom is 0.271 e. The van der Waals surface area contributed by atoms with E-state index >= 15 is 0 Å². The molecule has 1 amide bonds. The van der Waals surface area contributed by atoms with Gasteiger partial charge in [0.2, 0.25) is 0 Å². The van der Waals surface area contributed by atoms with Crippen LogP contribution < -0.4 is 16.0 Å². The molecule has 112 valence electrons. The Hall–Kier alpha value is -2.50. The van der Waals surface area contributed by atoms with E-state index in [1.54, 1.807) is 0 Å². The molecule has 21 heavy (non-hydrogen) atoms. The molecule has 1 aromatic heterocycles. The number of rotatable bonds is 7. The Labute approximate surface area is 124 Å². The van der Waals surface area contributed by atoms with Crippen LogP contribution in [0.4, 0.5) is 11.4 Å². The molecule has 4 N–H and O–H groups in total. The van der Waals surface area contributed by atoms with Gasteiger partial charge in [-0.05, 0) is 25.5 Å². The molecule has 2 aromatic rings. The lowest BCUT2D eigenvalue weighted by atomic mass is 10.2. The molecule has 0 fully saturated rings. The molecule has 1 heterocycles. The van der Waals surface area contributed by atoms with Crippen molar-refractivity contribution in [2.75, 3.05) is 30.3 Å². The first-order valence-corrected chi connectivity index (χ1v) is 7.09. The molecule has 0 bridgehead atoms. The average Bonchev–Trinajstić information content (AvgIpc) is 2.94. The molecule has 0 radical (unpaired) electrons. The first-order chi connectivity index (χ1) is 10.2. The van der Waals surface area contributed by atoms with Crippen molar-refractivity contribution in [1.82, 2.24) is 15.5 Å². The number of carbonyl (C=O) groups is 1. The first kappa shape index (κ1) is 14.9. The Morgan fingerprint density at radius 1 is 1.38 bits per heavy atom. The summed E-state index contributed by atoms with van der Waals surface area (Å²) in [7, 11) is 0. The minimum atomic E-state index is -0.215. The van der Waals surface area contributed by atoms with E-state index in [4.69, 9.17) is 5.73 Å². The molecule has 1 aromatic carbocycles. The van der Waals surface area contributed by atoms with E-state index in [0.717, 1.165) is 19.5 Å². The molecule has 0 saturated heterocycles. The first-order valence-electron chi connectivity index (χ1n) is 7.09. The average molecular weight is 287 g/mol. The second-order valence-corrected chi connectivity index (χ2v) is 4.73. The van der Waals surface area contributed by atoms with Gasteiger partial charge in [0, 0.05) is 25.3 Å². The van der Waals surface area contributed by atoms with Crippen molar-refractivity contribution in [3.8, 4) is 0 Å². The minimum Gasteiger partial charge on any atom is -0.396 e. The topological polar surface area (TPSA) is 87.0 Å². The predicted octanol–water partition coefficient (Wildman–Crippen LogP) is 1.64. The Morgan fingerprint density at radius 2 is 2.14 bits per heavy atom. The number of hydrogen-bond donors (Lipinski definition) is 3. The molecular formula is C15H21N5O. The van der Waals surface area contributed by atoms with Crippen molar-refractivity contribution in [3.63, 3.8) is 0 Å². The summed E-state index contributed by atoms with van der Waals surface area (Å²) in [6.07, 6.45) is 2.30. The number of nitrogen functional groups attached to an aromatic ring is 1. The van der Waals surface area contributed by atoms with Crippen molar-refractivity contribution >= 4 is 17.3 Å². The van der Waals surface area contributed by atoms with E-state index in [2.05, 4.69) is 39.5 Å². The van der Waals surface area contributed by atoms with Crippen molar-refractivity contribution in [3.05, 3.63) is 42.2 Å². The van der Waals surface area contributed by atoms with Gasteiger partial charge in [-0.3, -0.25) is 9.89 Å². The highest BCUT2D eigenvalue weighted by atomic mass is 16.1. The number of hydrogen-bond acceptors (Lipinski definition) is 4. The van der Waals surface area contributed by atoms with Crippen LogP contribution >= 0.6 is 0 Å². The Bertz CT molecular complexity index is 566. The number of para-hydroxylation sites is 1. The molecule has 6 nitrogen and oxygen atoms in total. The summed E-state index contributed by atoms with van der Waals surface area (Å²) in [6.45, 7) is 4.54. The maximum absolute atomic E-state index is 11.8. The van der Waals surface area contributed by atoms with E-state index < -0.39 is 0 Å². The van der Waals surface area contributed by atoms with Gasteiger partial charge in [-0.15, -0.1) is 0 Å². The van der Waals surface area contributed by atoms with E-state index in [-0.39, 0.29) is 5.91 Å². The molecule has 6 heteroatoms. The van der Waals surface area contributed by atoms with E-state index in [1.165, 1.54) is 11.9 Å². The normalized spacial score (nSPS) is 10.3. The number of aromatic amines is 1. The molecule has 0 spiro atoms. The zero-order valence-electron chi connectivity index (χ0n) is 12.2. The quantitative estimate of drug-likeness (QED) is 0.676. The fraction of sp³-hybridized carbons (Fsp3) is 0.333. The van der Waals surface area contributed by atoms with Crippen molar-refractivity contribution in [2.24, 2.45) is 0 Å². The lowest BCUT2D eigenvalue weighted by molar-refractivity contribution is 0.0949. The molecule has 0 atom stereocenters. The third-order valence-corrected chi connectivity index (χ3v) is 3.29. The van der Waals surface area contributed by atoms with Crippen LogP contribution in [0.1, 0.15) is 23.8 Å². The second kappa shape index (κ2) is 7.33. The standard InChI is InChI=1S/C15H21N5O/c1-2-20(12-7-4-3-5-8-12)10-6-9-17-15(21)14-13(16)11-18-19-14/h3-5,7-8,11H,2,6,9-10,16H2,1H3,(H,17,21)(H,18,19). The summed E-state index contributed by atoms with van der Waals surface area (Å²) in [5, 5.41) is 9.17. The van der Waals surface area contributed by atoms with Crippen LogP contribution in [-0.2, 0) is 0 Å². The van der Waals surface area contributed by atoms with Crippen molar-refractivity contribution in [1.29, 1.82) is 0 Å². The molecule has 0 saturated carbocycles. The van der Waals surface area contributed by atoms with Gasteiger partial charge >= 0.3 is 0 Å². The zero-order valence-corrected chi connectivity index (χ0v) is 12.2. The van der Waals surface area contributed by atoms with Crippen LogP contribution in [0.2, 0.25) is 0 Å². The lowest BCUT2D eigenvalue weighted by Gasteiger charge is -2.23. The second-order valence-electron chi connectivity index (χ2n) is 4.73. The Morgan fingerprint density at radius 3 is 2.76 bits per heavy atom. The molecule has 2 rings (SSSR count). The fourth-order valence-electron chi connectivity index (χ4n) is 2.15. The monoisotopic (exact) mass is 287 g/mol. The van der Waals surface area contributed by atoms with Gasteiger partial charge in [-0.1, -0.05) is 18.2 Å². The van der Waals surface area contributed by atoms with Crippen LogP contribution in [0.15, 0.2) is 36.5 Å². The van der Waals surface area contributed by atoms with Gasteiger partial charge in [0.25, 0.3) is 5.91 Å². The number of H-pyrrole nitrogens is 1. The van der Waals surface area contributed by atoms with Gasteiger partial charge in [-0.2, -0.15) is 5.10 Å². The third-order valence-electron chi connectivity index (χ3n) is 3.29. The van der Waals surface area contributed by atoms with E-state index in [9.17, 15) is 4.79 Å². The summed E-state index contributed by atoms with van der Waals surface area (Å²) in [5.74, 6) is -0.215.